The fraction of sp³-hybridized carbons (Fsp3) is 0.300. The van der Waals surface area contributed by atoms with Gasteiger partial charge in [-0.2, -0.15) is 4.98 Å². The number of fused-ring (bicyclic) bond motifs is 1. The highest BCUT2D eigenvalue weighted by atomic mass is 16.5. The van der Waals surface area contributed by atoms with E-state index in [2.05, 4.69) is 9.97 Å². The smallest absolute Gasteiger partial charge is 0.305 e. The van der Waals surface area contributed by atoms with Gasteiger partial charge in [0.25, 0.3) is 11.6 Å². The van der Waals surface area contributed by atoms with E-state index in [-0.39, 0.29) is 24.5 Å². The van der Waals surface area contributed by atoms with Gasteiger partial charge in [-0.3, -0.25) is 14.6 Å². The molecule has 7 nitrogen and oxygen atoms in total. The number of aromatic nitrogens is 3. The van der Waals surface area contributed by atoms with E-state index in [0.29, 0.717) is 11.0 Å². The Hall–Kier alpha value is -2.31. The minimum absolute atomic E-state index is 0.0272. The zero-order chi connectivity index (χ0) is 12.4. The summed E-state index contributed by atoms with van der Waals surface area (Å²) >= 11 is 0. The van der Waals surface area contributed by atoms with E-state index in [0.717, 1.165) is 0 Å². The van der Waals surface area contributed by atoms with Gasteiger partial charge in [0.1, 0.15) is 0 Å². The van der Waals surface area contributed by atoms with Crippen LogP contribution in [-0.4, -0.2) is 32.7 Å². The Morgan fingerprint density at radius 3 is 3.06 bits per heavy atom. The van der Waals surface area contributed by atoms with E-state index >= 15 is 0 Å². The van der Waals surface area contributed by atoms with Crippen LogP contribution in [0.1, 0.15) is 6.42 Å². The van der Waals surface area contributed by atoms with Gasteiger partial charge in [0.15, 0.2) is 5.65 Å². The lowest BCUT2D eigenvalue weighted by Crippen LogP contribution is -2.11. The minimum atomic E-state index is -0.899. The van der Waals surface area contributed by atoms with E-state index in [4.69, 9.17) is 9.84 Å². The Morgan fingerprint density at radius 2 is 2.41 bits per heavy atom. The van der Waals surface area contributed by atoms with Crippen molar-refractivity contribution in [3.05, 3.63) is 22.6 Å². The molecule has 2 rings (SSSR count). The molecular formula is C10H11N3O4. The summed E-state index contributed by atoms with van der Waals surface area (Å²) in [5.74, 6) is -0.899. The van der Waals surface area contributed by atoms with Gasteiger partial charge in [-0.1, -0.05) is 0 Å². The maximum absolute atomic E-state index is 11.6. The maximum Gasteiger partial charge on any atom is 0.305 e. The number of carboxylic acid groups (broad SMARTS) is 1. The molecule has 17 heavy (non-hydrogen) atoms. The predicted molar refractivity (Wildman–Crippen MR) is 59.2 cm³/mol. The van der Waals surface area contributed by atoms with Gasteiger partial charge in [-0.25, -0.2) is 0 Å². The molecule has 2 N–H and O–H groups in total. The maximum atomic E-state index is 11.6. The summed E-state index contributed by atoms with van der Waals surface area (Å²) in [4.78, 5) is 28.6. The summed E-state index contributed by atoms with van der Waals surface area (Å²) in [6.07, 6.45) is 1.61. The van der Waals surface area contributed by atoms with E-state index < -0.39 is 5.97 Å². The fourth-order valence-electron chi connectivity index (χ4n) is 1.55. The van der Waals surface area contributed by atoms with Crippen molar-refractivity contribution >= 4 is 17.0 Å². The number of aromatic amines is 1. The Balaban J connectivity index is 2.47. The summed E-state index contributed by atoms with van der Waals surface area (Å²) in [6, 6.07) is 1.71. The molecule has 0 saturated carbocycles. The van der Waals surface area contributed by atoms with Crippen molar-refractivity contribution < 1.29 is 14.6 Å². The van der Waals surface area contributed by atoms with Crippen molar-refractivity contribution in [2.24, 2.45) is 0 Å². The van der Waals surface area contributed by atoms with E-state index in [9.17, 15) is 9.59 Å². The van der Waals surface area contributed by atoms with Crippen LogP contribution in [0.2, 0.25) is 0 Å². The van der Waals surface area contributed by atoms with Crippen LogP contribution in [0.15, 0.2) is 17.1 Å². The molecule has 0 saturated heterocycles. The zero-order valence-corrected chi connectivity index (χ0v) is 9.14. The zero-order valence-electron chi connectivity index (χ0n) is 9.14. The van der Waals surface area contributed by atoms with Gasteiger partial charge in [0.2, 0.25) is 0 Å². The lowest BCUT2D eigenvalue weighted by atomic mass is 10.4. The highest BCUT2D eigenvalue weighted by Crippen LogP contribution is 2.12. The second kappa shape index (κ2) is 4.28. The molecule has 0 aliphatic rings. The minimum Gasteiger partial charge on any atom is -0.481 e. The number of carboxylic acids is 1. The van der Waals surface area contributed by atoms with E-state index in [1.807, 2.05) is 0 Å². The molecule has 2 heterocycles. The number of carbonyl (C=O) groups is 1. The van der Waals surface area contributed by atoms with Crippen LogP contribution in [0.3, 0.4) is 0 Å². The van der Waals surface area contributed by atoms with E-state index in [1.165, 1.54) is 7.11 Å². The highest BCUT2D eigenvalue weighted by molar-refractivity contribution is 5.75. The molecule has 0 spiro atoms. The normalized spacial score (nSPS) is 10.6. The summed E-state index contributed by atoms with van der Waals surface area (Å²) in [5, 5.41) is 9.03. The number of methoxy groups -OCH3 is 1. The molecule has 2 aromatic rings. The monoisotopic (exact) mass is 237 g/mol. The molecule has 0 fully saturated rings. The lowest BCUT2D eigenvalue weighted by molar-refractivity contribution is -0.137. The second-order valence-corrected chi connectivity index (χ2v) is 3.47. The van der Waals surface area contributed by atoms with Gasteiger partial charge in [-0.05, 0) is 6.07 Å². The third-order valence-electron chi connectivity index (χ3n) is 2.37. The molecule has 0 radical (unpaired) electrons. The SMILES string of the molecule is COc1nc2c(ccn2CCC(=O)O)c(=O)[nH]1. The van der Waals surface area contributed by atoms with Crippen LogP contribution in [0.25, 0.3) is 11.0 Å². The topological polar surface area (TPSA) is 97.2 Å². The number of aliphatic carboxylic acids is 1. The van der Waals surface area contributed by atoms with Crippen LogP contribution in [0.5, 0.6) is 6.01 Å². The summed E-state index contributed by atoms with van der Waals surface area (Å²) < 4.78 is 6.47. The standard InChI is InChI=1S/C10H11N3O4/c1-17-10-11-8-6(9(16)12-10)2-4-13(8)5-3-7(14)15/h2,4H,3,5H2,1H3,(H,14,15)(H,11,12,16). The molecule has 7 heteroatoms. The van der Waals surface area contributed by atoms with Crippen LogP contribution in [0, 0.1) is 0 Å². The number of nitrogens with one attached hydrogen (secondary N) is 1. The third kappa shape index (κ3) is 2.12. The predicted octanol–water partition coefficient (Wildman–Crippen LogP) is 0.208. The molecule has 90 valence electrons. The Labute approximate surface area is 95.7 Å². The first-order valence-electron chi connectivity index (χ1n) is 4.97. The Kier molecular flexibility index (Phi) is 2.82. The number of ether oxygens (including phenoxy) is 1. The highest BCUT2D eigenvalue weighted by Gasteiger charge is 2.09. The van der Waals surface area contributed by atoms with Crippen molar-refractivity contribution in [3.8, 4) is 6.01 Å². The molecule has 0 bridgehead atoms. The number of aryl methyl sites for hydroxylation is 1. The van der Waals surface area contributed by atoms with Crippen molar-refractivity contribution in [2.75, 3.05) is 7.11 Å². The number of rotatable bonds is 4. The number of nitrogens with zero attached hydrogens (tertiary/aromatic N) is 2. The molecular weight excluding hydrogens is 226 g/mol. The first-order valence-corrected chi connectivity index (χ1v) is 4.97. The van der Waals surface area contributed by atoms with Crippen LogP contribution in [-0.2, 0) is 11.3 Å². The molecule has 2 aromatic heterocycles. The van der Waals surface area contributed by atoms with Crippen molar-refractivity contribution in [3.63, 3.8) is 0 Å². The van der Waals surface area contributed by atoms with Gasteiger partial charge < -0.3 is 14.4 Å². The molecule has 0 aromatic carbocycles. The molecule has 0 aliphatic carbocycles. The van der Waals surface area contributed by atoms with Crippen molar-refractivity contribution in [2.45, 2.75) is 13.0 Å². The summed E-state index contributed by atoms with van der Waals surface area (Å²) in [6.45, 7) is 0.262. The molecule has 0 atom stereocenters. The summed E-state index contributed by atoms with van der Waals surface area (Å²) in [7, 11) is 1.40. The number of H-pyrrole nitrogens is 1. The lowest BCUT2D eigenvalue weighted by Gasteiger charge is -2.03. The van der Waals surface area contributed by atoms with Gasteiger partial charge >= 0.3 is 5.97 Å². The van der Waals surface area contributed by atoms with Crippen LogP contribution in [0.4, 0.5) is 0 Å². The average molecular weight is 237 g/mol. The molecule has 0 aliphatic heterocycles. The second-order valence-electron chi connectivity index (χ2n) is 3.47. The Bertz CT molecular complexity index is 614. The van der Waals surface area contributed by atoms with Gasteiger partial charge in [0.05, 0.1) is 18.9 Å². The largest absolute Gasteiger partial charge is 0.481 e. The van der Waals surface area contributed by atoms with Crippen LogP contribution >= 0.6 is 0 Å². The van der Waals surface area contributed by atoms with Crippen molar-refractivity contribution in [1.29, 1.82) is 0 Å². The number of hydrogen-bond acceptors (Lipinski definition) is 4. The third-order valence-corrected chi connectivity index (χ3v) is 2.37. The first kappa shape index (κ1) is 11.2. The summed E-state index contributed by atoms with van der Waals surface area (Å²) in [5.41, 5.74) is 0.118. The first-order chi connectivity index (χ1) is 8.11. The van der Waals surface area contributed by atoms with Crippen molar-refractivity contribution in [1.82, 2.24) is 14.5 Å². The number of hydrogen-bond donors (Lipinski definition) is 2. The quantitative estimate of drug-likeness (QED) is 0.792. The van der Waals surface area contributed by atoms with E-state index in [1.54, 1.807) is 16.8 Å². The molecule has 0 unspecified atom stereocenters. The van der Waals surface area contributed by atoms with Crippen LogP contribution < -0.4 is 10.3 Å². The van der Waals surface area contributed by atoms with Gasteiger partial charge in [-0.15, -0.1) is 0 Å². The van der Waals surface area contributed by atoms with Gasteiger partial charge in [0, 0.05) is 12.7 Å². The average Bonchev–Trinajstić information content (AvgIpc) is 2.69. The fourth-order valence-corrected chi connectivity index (χ4v) is 1.55. The molecule has 0 amide bonds. The Morgan fingerprint density at radius 1 is 1.65 bits per heavy atom.